The number of benzene rings is 1. The first kappa shape index (κ1) is 27.0. The molecule has 8 nitrogen and oxygen atoms in total. The first-order chi connectivity index (χ1) is 16.7. The highest BCUT2D eigenvalue weighted by Crippen LogP contribution is 2.45. The summed E-state index contributed by atoms with van der Waals surface area (Å²) in [4.78, 5) is 42.7. The summed E-state index contributed by atoms with van der Waals surface area (Å²) in [6.07, 6.45) is 0.0304. The van der Waals surface area contributed by atoms with Gasteiger partial charge in [-0.3, -0.25) is 14.9 Å². The molecule has 2 N–H and O–H groups in total. The zero-order chi connectivity index (χ0) is 26.8. The van der Waals surface area contributed by atoms with Crippen molar-refractivity contribution in [3.05, 3.63) is 53.5 Å². The van der Waals surface area contributed by atoms with Gasteiger partial charge in [0.05, 0.1) is 11.9 Å². The first-order valence-electron chi connectivity index (χ1n) is 11.4. The van der Waals surface area contributed by atoms with E-state index in [1.54, 1.807) is 34.6 Å². The van der Waals surface area contributed by atoms with Gasteiger partial charge >= 0.3 is 17.9 Å². The number of hydrogen-bond donors (Lipinski definition) is 2. The van der Waals surface area contributed by atoms with Crippen LogP contribution in [0.5, 0.6) is 0 Å². The van der Waals surface area contributed by atoms with Gasteiger partial charge in [-0.25, -0.2) is 22.9 Å². The lowest BCUT2D eigenvalue weighted by molar-refractivity contribution is -0.165. The molecule has 1 fully saturated rings. The minimum Gasteiger partial charge on any atom is -0.444 e. The molecule has 0 radical (unpaired) electrons. The maximum atomic E-state index is 15.0. The number of rotatable bonds is 3. The molecule has 0 saturated carbocycles. The maximum absolute atomic E-state index is 15.0. The summed E-state index contributed by atoms with van der Waals surface area (Å²) < 4.78 is 48.6. The Bertz CT molecular complexity index is 1150. The van der Waals surface area contributed by atoms with E-state index in [0.29, 0.717) is 5.56 Å². The highest BCUT2D eigenvalue weighted by atomic mass is 19.3. The van der Waals surface area contributed by atoms with Gasteiger partial charge in [-0.15, -0.1) is 0 Å². The molecule has 0 spiro atoms. The van der Waals surface area contributed by atoms with Gasteiger partial charge in [-0.1, -0.05) is 19.1 Å². The molecule has 3 rings (SSSR count). The van der Waals surface area contributed by atoms with E-state index < -0.39 is 53.6 Å². The summed E-state index contributed by atoms with van der Waals surface area (Å²) in [5, 5.41) is 4.87. The molecule has 1 aromatic heterocycles. The van der Waals surface area contributed by atoms with Crippen molar-refractivity contribution in [2.24, 2.45) is 5.92 Å². The van der Waals surface area contributed by atoms with Gasteiger partial charge in [0.2, 0.25) is 0 Å². The van der Waals surface area contributed by atoms with E-state index >= 15 is 8.78 Å². The van der Waals surface area contributed by atoms with Crippen LogP contribution in [0.1, 0.15) is 51.3 Å². The van der Waals surface area contributed by atoms with Crippen molar-refractivity contribution in [3.63, 3.8) is 0 Å². The molecule has 2 heterocycles. The molecule has 194 valence electrons. The van der Waals surface area contributed by atoms with Gasteiger partial charge in [-0.2, -0.15) is 0 Å². The zero-order valence-electron chi connectivity index (χ0n) is 20.7. The number of carbonyl (C=O) groups is 3. The van der Waals surface area contributed by atoms with E-state index in [0.717, 1.165) is 17.0 Å². The Morgan fingerprint density at radius 3 is 2.36 bits per heavy atom. The quantitative estimate of drug-likeness (QED) is 0.567. The Morgan fingerprint density at radius 1 is 1.14 bits per heavy atom. The van der Waals surface area contributed by atoms with Gasteiger partial charge in [0, 0.05) is 13.0 Å². The number of likely N-dealkylation sites (tertiary alicyclic amines) is 1. The Labute approximate surface area is 207 Å². The Kier molecular flexibility index (Phi) is 7.61. The molecule has 1 saturated heterocycles. The molecule has 2 atom stereocenters. The molecule has 0 aliphatic carbocycles. The zero-order valence-corrected chi connectivity index (χ0v) is 20.7. The Balaban J connectivity index is 1.77. The number of pyridine rings is 1. The lowest BCUT2D eigenvalue weighted by Gasteiger charge is -2.43. The molecule has 0 unspecified atom stereocenters. The topological polar surface area (TPSA) is 101 Å². The van der Waals surface area contributed by atoms with E-state index in [9.17, 15) is 18.8 Å². The molecular formula is C25H29F3N4O4. The number of anilines is 2. The number of nitrogens with zero attached hydrogens (tertiary/aromatic N) is 2. The average Bonchev–Trinajstić information content (AvgIpc) is 2.73. The SMILES string of the molecule is Cc1cc(NC(=O)C(=O)N2C[C@@H](C)CC(F)(F)[C@@H]2c2ccc(F)cc2)cnc1NC(=O)OC(C)(C)C. The van der Waals surface area contributed by atoms with Crippen LogP contribution in [-0.4, -0.2) is 45.9 Å². The summed E-state index contributed by atoms with van der Waals surface area (Å²) >= 11 is 0. The minimum atomic E-state index is -3.32. The number of amides is 3. The number of hydrogen-bond acceptors (Lipinski definition) is 5. The second-order valence-electron chi connectivity index (χ2n) is 9.95. The van der Waals surface area contributed by atoms with E-state index in [1.165, 1.54) is 24.4 Å². The van der Waals surface area contributed by atoms with E-state index in [4.69, 9.17) is 4.74 Å². The number of alkyl halides is 2. The minimum absolute atomic E-state index is 0.0320. The molecule has 36 heavy (non-hydrogen) atoms. The van der Waals surface area contributed by atoms with Gasteiger partial charge in [-0.05, 0) is 62.9 Å². The van der Waals surface area contributed by atoms with Gasteiger partial charge in [0.25, 0.3) is 5.92 Å². The lowest BCUT2D eigenvalue weighted by atomic mass is 9.86. The summed E-state index contributed by atoms with van der Waals surface area (Å²) in [7, 11) is 0. The molecule has 1 aliphatic heterocycles. The van der Waals surface area contributed by atoms with Crippen molar-refractivity contribution >= 4 is 29.4 Å². The van der Waals surface area contributed by atoms with Crippen molar-refractivity contribution in [2.45, 2.75) is 58.6 Å². The maximum Gasteiger partial charge on any atom is 0.413 e. The van der Waals surface area contributed by atoms with Crippen LogP contribution in [0.15, 0.2) is 36.5 Å². The first-order valence-corrected chi connectivity index (χ1v) is 11.4. The fraction of sp³-hybridized carbons (Fsp3) is 0.440. The third-order valence-electron chi connectivity index (χ3n) is 5.44. The monoisotopic (exact) mass is 506 g/mol. The van der Waals surface area contributed by atoms with Crippen LogP contribution in [0.3, 0.4) is 0 Å². The van der Waals surface area contributed by atoms with Crippen LogP contribution in [0.2, 0.25) is 0 Å². The number of aromatic nitrogens is 1. The lowest BCUT2D eigenvalue weighted by Crippen LogP contribution is -2.54. The number of piperidine rings is 1. The largest absolute Gasteiger partial charge is 0.444 e. The van der Waals surface area contributed by atoms with E-state index in [2.05, 4.69) is 15.6 Å². The standard InChI is InChI=1S/C25H29F3N4O4/c1-14-11-25(27,28)19(16-6-8-17(26)9-7-16)32(13-14)22(34)21(33)30-18-10-15(2)20(29-12-18)31-23(35)36-24(3,4)5/h6-10,12,14,19H,11,13H2,1-5H3,(H,30,33)(H,29,31,35)/t14-,19-/m0/s1. The molecule has 11 heteroatoms. The van der Waals surface area contributed by atoms with Gasteiger partial charge < -0.3 is 15.0 Å². The molecule has 1 aliphatic rings. The van der Waals surface area contributed by atoms with Crippen LogP contribution in [0.25, 0.3) is 0 Å². The Hall–Kier alpha value is -3.63. The summed E-state index contributed by atoms with van der Waals surface area (Å²) in [5.41, 5.74) is -0.0745. The van der Waals surface area contributed by atoms with Crippen molar-refractivity contribution in [3.8, 4) is 0 Å². The van der Waals surface area contributed by atoms with Crippen molar-refractivity contribution in [1.82, 2.24) is 9.88 Å². The van der Waals surface area contributed by atoms with Crippen LogP contribution in [0, 0.1) is 18.7 Å². The molecular weight excluding hydrogens is 477 g/mol. The second-order valence-corrected chi connectivity index (χ2v) is 9.95. The number of nitrogens with one attached hydrogen (secondary N) is 2. The van der Waals surface area contributed by atoms with Gasteiger partial charge in [0.1, 0.15) is 23.3 Å². The third kappa shape index (κ3) is 6.52. The highest BCUT2D eigenvalue weighted by Gasteiger charge is 2.51. The van der Waals surface area contributed by atoms with E-state index in [1.807, 2.05) is 0 Å². The fourth-order valence-corrected chi connectivity index (χ4v) is 4.07. The van der Waals surface area contributed by atoms with Gasteiger partial charge in [0.15, 0.2) is 0 Å². The third-order valence-corrected chi connectivity index (χ3v) is 5.44. The highest BCUT2D eigenvalue weighted by molar-refractivity contribution is 6.39. The second kappa shape index (κ2) is 10.2. The summed E-state index contributed by atoms with van der Waals surface area (Å²) in [6, 6.07) is 4.20. The van der Waals surface area contributed by atoms with Crippen molar-refractivity contribution < 1.29 is 32.3 Å². The summed E-state index contributed by atoms with van der Waals surface area (Å²) in [6.45, 7) is 8.25. The fourth-order valence-electron chi connectivity index (χ4n) is 4.07. The molecule has 1 aromatic carbocycles. The van der Waals surface area contributed by atoms with Crippen molar-refractivity contribution in [1.29, 1.82) is 0 Å². The smallest absolute Gasteiger partial charge is 0.413 e. The summed E-state index contributed by atoms with van der Waals surface area (Å²) in [5.74, 6) is -6.57. The molecule has 3 amide bonds. The predicted molar refractivity (Wildman–Crippen MR) is 127 cm³/mol. The number of halogens is 3. The number of aryl methyl sites for hydroxylation is 1. The normalized spacial score (nSPS) is 19.4. The van der Waals surface area contributed by atoms with Crippen LogP contribution in [-0.2, 0) is 14.3 Å². The number of carbonyl (C=O) groups excluding carboxylic acids is 3. The number of ether oxygens (including phenoxy) is 1. The molecule has 2 aromatic rings. The average molecular weight is 507 g/mol. The van der Waals surface area contributed by atoms with Crippen LogP contribution >= 0.6 is 0 Å². The van der Waals surface area contributed by atoms with Crippen LogP contribution < -0.4 is 10.6 Å². The van der Waals surface area contributed by atoms with Crippen LogP contribution in [0.4, 0.5) is 29.5 Å². The van der Waals surface area contributed by atoms with Crippen molar-refractivity contribution in [2.75, 3.05) is 17.2 Å². The molecule has 0 bridgehead atoms. The van der Waals surface area contributed by atoms with E-state index in [-0.39, 0.29) is 23.6 Å². The Morgan fingerprint density at radius 2 is 1.78 bits per heavy atom. The predicted octanol–water partition coefficient (Wildman–Crippen LogP) is 5.06.